The Morgan fingerprint density at radius 1 is 1.43 bits per heavy atom. The van der Waals surface area contributed by atoms with Crippen molar-refractivity contribution in [2.24, 2.45) is 5.92 Å². The largest absolute Gasteiger partial charge is 0.496 e. The Hall–Kier alpha value is -1.04. The molecule has 0 saturated carbocycles. The molecule has 6 heteroatoms. The van der Waals surface area contributed by atoms with Crippen LogP contribution < -0.4 is 15.8 Å². The number of thiocarbonyl (C=S) groups is 1. The molecule has 1 aromatic rings. The molecule has 0 radical (unpaired) electrons. The van der Waals surface area contributed by atoms with Crippen LogP contribution in [-0.2, 0) is 0 Å². The van der Waals surface area contributed by atoms with Crippen molar-refractivity contribution in [1.82, 2.24) is 10.2 Å². The quantitative estimate of drug-likeness (QED) is 0.659. The minimum absolute atomic E-state index is 0.418. The van der Waals surface area contributed by atoms with Crippen LogP contribution in [0.5, 0.6) is 5.75 Å². The van der Waals surface area contributed by atoms with Gasteiger partial charge in [0.1, 0.15) is 10.7 Å². The van der Waals surface area contributed by atoms with Gasteiger partial charge >= 0.3 is 0 Å². The van der Waals surface area contributed by atoms with Crippen LogP contribution in [0.2, 0.25) is 5.02 Å². The van der Waals surface area contributed by atoms with E-state index >= 15 is 0 Å². The summed E-state index contributed by atoms with van der Waals surface area (Å²) >= 11 is 11.7. The number of fused-ring (bicyclic) bond motifs is 3. The van der Waals surface area contributed by atoms with Gasteiger partial charge in [-0.05, 0) is 37.9 Å². The van der Waals surface area contributed by atoms with E-state index in [9.17, 15) is 0 Å². The Kier molecular flexibility index (Phi) is 4.24. The summed E-state index contributed by atoms with van der Waals surface area (Å²) in [6.45, 7) is 3.50. The Labute approximate surface area is 135 Å². The monoisotopic (exact) mass is 325 g/mol. The molecule has 3 aliphatic rings. The zero-order valence-corrected chi connectivity index (χ0v) is 13.6. The smallest absolute Gasteiger partial charge is 0.131 e. The maximum Gasteiger partial charge on any atom is 0.131 e. The van der Waals surface area contributed by atoms with E-state index in [4.69, 9.17) is 34.3 Å². The Morgan fingerprint density at radius 3 is 2.71 bits per heavy atom. The van der Waals surface area contributed by atoms with Gasteiger partial charge in [-0.25, -0.2) is 0 Å². The fourth-order valence-corrected chi connectivity index (χ4v) is 3.76. The zero-order valence-electron chi connectivity index (χ0n) is 12.1. The Balaban J connectivity index is 1.78. The molecule has 1 atom stereocenters. The summed E-state index contributed by atoms with van der Waals surface area (Å²) in [4.78, 5) is 3.18. The van der Waals surface area contributed by atoms with Gasteiger partial charge in [-0.15, -0.1) is 0 Å². The van der Waals surface area contributed by atoms with Crippen molar-refractivity contribution < 1.29 is 4.74 Å². The molecule has 3 fully saturated rings. The molecular formula is C15H20ClN3OS. The summed E-state index contributed by atoms with van der Waals surface area (Å²) in [5.74, 6) is 1.37. The fourth-order valence-electron chi connectivity index (χ4n) is 3.29. The van der Waals surface area contributed by atoms with E-state index in [0.717, 1.165) is 12.1 Å². The van der Waals surface area contributed by atoms with Crippen LogP contribution in [0.15, 0.2) is 12.1 Å². The maximum atomic E-state index is 6.12. The van der Waals surface area contributed by atoms with Crippen molar-refractivity contribution in [3.05, 3.63) is 22.7 Å². The molecule has 3 saturated heterocycles. The molecule has 4 nitrogen and oxygen atoms in total. The SMILES string of the molecule is COc1cc(N)c(Cl)cc1C(=S)N[C@@H]1CN2CCC1CC2. The summed E-state index contributed by atoms with van der Waals surface area (Å²) in [6.07, 6.45) is 2.50. The first-order valence-corrected chi connectivity index (χ1v) is 8.03. The molecule has 3 N–H and O–H groups in total. The van der Waals surface area contributed by atoms with Crippen molar-refractivity contribution in [3.8, 4) is 5.75 Å². The normalized spacial score (nSPS) is 27.4. The lowest BCUT2D eigenvalue weighted by Gasteiger charge is -2.45. The van der Waals surface area contributed by atoms with Gasteiger partial charge in [-0.3, -0.25) is 0 Å². The number of halogens is 1. The molecule has 0 spiro atoms. The van der Waals surface area contributed by atoms with Crippen LogP contribution in [0.1, 0.15) is 18.4 Å². The van der Waals surface area contributed by atoms with Crippen molar-refractivity contribution in [3.63, 3.8) is 0 Å². The summed E-state index contributed by atoms with van der Waals surface area (Å²) in [7, 11) is 1.61. The molecule has 1 aromatic carbocycles. The summed E-state index contributed by atoms with van der Waals surface area (Å²) in [5.41, 5.74) is 7.13. The first kappa shape index (κ1) is 14.9. The molecule has 4 rings (SSSR count). The van der Waals surface area contributed by atoms with Crippen molar-refractivity contribution in [2.75, 3.05) is 32.5 Å². The molecule has 3 aliphatic heterocycles. The first-order valence-electron chi connectivity index (χ1n) is 7.24. The van der Waals surface area contributed by atoms with E-state index < -0.39 is 0 Å². The van der Waals surface area contributed by atoms with E-state index in [2.05, 4.69) is 10.2 Å². The number of nitrogens with one attached hydrogen (secondary N) is 1. The van der Waals surface area contributed by atoms with E-state index in [0.29, 0.717) is 33.4 Å². The van der Waals surface area contributed by atoms with E-state index in [1.165, 1.54) is 25.9 Å². The Morgan fingerprint density at radius 2 is 2.14 bits per heavy atom. The molecule has 3 heterocycles. The lowest BCUT2D eigenvalue weighted by molar-refractivity contribution is 0.0816. The van der Waals surface area contributed by atoms with E-state index in [1.54, 1.807) is 19.2 Å². The second-order valence-corrected chi connectivity index (χ2v) is 6.61. The predicted molar refractivity (Wildman–Crippen MR) is 90.2 cm³/mol. The van der Waals surface area contributed by atoms with E-state index in [-0.39, 0.29) is 0 Å². The van der Waals surface area contributed by atoms with Crippen molar-refractivity contribution in [2.45, 2.75) is 18.9 Å². The topological polar surface area (TPSA) is 50.5 Å². The van der Waals surface area contributed by atoms with Gasteiger partial charge in [0, 0.05) is 18.7 Å². The molecule has 0 aromatic heterocycles. The van der Waals surface area contributed by atoms with Gasteiger partial charge in [0.15, 0.2) is 0 Å². The van der Waals surface area contributed by atoms with Crippen LogP contribution in [0, 0.1) is 5.92 Å². The first-order chi connectivity index (χ1) is 10.1. The average molecular weight is 326 g/mol. The van der Waals surface area contributed by atoms with Crippen LogP contribution in [-0.4, -0.2) is 42.7 Å². The lowest BCUT2D eigenvalue weighted by atomic mass is 9.84. The van der Waals surface area contributed by atoms with Gasteiger partial charge < -0.3 is 20.7 Å². The number of nitrogens with two attached hydrogens (primary N) is 1. The van der Waals surface area contributed by atoms with Crippen molar-refractivity contribution in [1.29, 1.82) is 0 Å². The molecule has 0 unspecified atom stereocenters. The van der Waals surface area contributed by atoms with Gasteiger partial charge in [0.2, 0.25) is 0 Å². The third kappa shape index (κ3) is 2.96. The van der Waals surface area contributed by atoms with Gasteiger partial charge in [-0.2, -0.15) is 0 Å². The number of hydrogen-bond acceptors (Lipinski definition) is 4. The third-order valence-electron chi connectivity index (χ3n) is 4.54. The Bertz CT molecular complexity index is 558. The number of piperidine rings is 3. The molecule has 114 valence electrons. The average Bonchev–Trinajstić information content (AvgIpc) is 2.50. The van der Waals surface area contributed by atoms with Crippen LogP contribution in [0.4, 0.5) is 5.69 Å². The van der Waals surface area contributed by atoms with Gasteiger partial charge in [0.05, 0.1) is 23.4 Å². The number of hydrogen-bond donors (Lipinski definition) is 2. The van der Waals surface area contributed by atoms with Gasteiger partial charge in [-0.1, -0.05) is 23.8 Å². The second-order valence-electron chi connectivity index (χ2n) is 5.79. The maximum absolute atomic E-state index is 6.12. The predicted octanol–water partition coefficient (Wildman–Crippen LogP) is 2.29. The standard InChI is InChI=1S/C15H20ClN3OS/c1-20-14-7-12(17)11(16)6-10(14)15(21)18-13-8-19-4-2-9(13)3-5-19/h6-7,9,13H,2-5,8,17H2,1H3,(H,18,21)/t13-/m1/s1. The van der Waals surface area contributed by atoms with Crippen LogP contribution in [0.25, 0.3) is 0 Å². The van der Waals surface area contributed by atoms with Crippen molar-refractivity contribution >= 4 is 34.5 Å². The molecule has 0 amide bonds. The number of anilines is 1. The zero-order chi connectivity index (χ0) is 15.0. The van der Waals surface area contributed by atoms with Crippen LogP contribution in [0.3, 0.4) is 0 Å². The number of benzene rings is 1. The molecule has 0 aliphatic carbocycles. The highest BCUT2D eigenvalue weighted by atomic mass is 35.5. The highest BCUT2D eigenvalue weighted by molar-refractivity contribution is 7.80. The number of rotatable bonds is 3. The number of ether oxygens (including phenoxy) is 1. The summed E-state index contributed by atoms with van der Waals surface area (Å²) < 4.78 is 5.38. The minimum Gasteiger partial charge on any atom is -0.496 e. The number of methoxy groups -OCH3 is 1. The third-order valence-corrected chi connectivity index (χ3v) is 5.20. The molecule has 21 heavy (non-hydrogen) atoms. The van der Waals surface area contributed by atoms with Crippen LogP contribution >= 0.6 is 23.8 Å². The highest BCUT2D eigenvalue weighted by Crippen LogP contribution is 2.31. The summed E-state index contributed by atoms with van der Waals surface area (Å²) in [6, 6.07) is 3.93. The minimum atomic E-state index is 0.418. The number of nitrogens with zero attached hydrogens (tertiary/aromatic N) is 1. The fraction of sp³-hybridized carbons (Fsp3) is 0.533. The van der Waals surface area contributed by atoms with E-state index in [1.807, 2.05) is 0 Å². The second kappa shape index (κ2) is 5.99. The lowest BCUT2D eigenvalue weighted by Crippen LogP contribution is -2.57. The molecular weight excluding hydrogens is 306 g/mol. The highest BCUT2D eigenvalue weighted by Gasteiger charge is 2.34. The number of nitrogen functional groups attached to an aromatic ring is 1. The molecule has 2 bridgehead atoms. The van der Waals surface area contributed by atoms with Gasteiger partial charge in [0.25, 0.3) is 0 Å². The summed E-state index contributed by atoms with van der Waals surface area (Å²) in [5, 5.41) is 4.00.